The summed E-state index contributed by atoms with van der Waals surface area (Å²) in [5.74, 6) is -6.19. The number of aliphatic imine (C=N–C) groups is 1. The zero-order valence-electron chi connectivity index (χ0n) is 32.0. The first kappa shape index (κ1) is 47.4. The van der Waals surface area contributed by atoms with E-state index in [1.54, 1.807) is 12.3 Å². The highest BCUT2D eigenvalue weighted by molar-refractivity contribution is 9.09. The number of hydrogen-bond acceptors (Lipinski definition) is 11. The number of nitrogens with zero attached hydrogens (tertiary/aromatic N) is 2. The normalized spacial score (nSPS) is 16.9. The molecule has 1 fully saturated rings. The van der Waals surface area contributed by atoms with Crippen molar-refractivity contribution in [1.29, 1.82) is 0 Å². The summed E-state index contributed by atoms with van der Waals surface area (Å²) in [6.45, 7) is 0.760. The van der Waals surface area contributed by atoms with Gasteiger partial charge in [-0.1, -0.05) is 34.1 Å². The molecule has 0 spiro atoms. The van der Waals surface area contributed by atoms with Gasteiger partial charge in [-0.15, -0.1) is 0 Å². The number of carbonyl (C=O) groups is 7. The number of rotatable bonds is 24. The number of likely N-dealkylation sites (tertiary alicyclic amines) is 1. The summed E-state index contributed by atoms with van der Waals surface area (Å²) in [7, 11) is 0. The Balaban J connectivity index is 1.87. The molecule has 1 aliphatic rings. The molecule has 1 aromatic heterocycles. The summed E-state index contributed by atoms with van der Waals surface area (Å²) < 4.78 is 0. The van der Waals surface area contributed by atoms with Crippen LogP contribution in [-0.2, 0) is 40.0 Å². The van der Waals surface area contributed by atoms with Gasteiger partial charge in [-0.25, -0.2) is 0 Å². The van der Waals surface area contributed by atoms with Crippen molar-refractivity contribution in [2.75, 3.05) is 25.4 Å². The molecule has 0 radical (unpaired) electrons. The number of fused-ring (bicyclic) bond motifs is 1. The summed E-state index contributed by atoms with van der Waals surface area (Å²) >= 11 is 7.48. The minimum Gasteiger partial charge on any atom is -0.481 e. The van der Waals surface area contributed by atoms with Crippen LogP contribution < -0.4 is 49.9 Å². The smallest absolute Gasteiger partial charge is 0.305 e. The molecule has 1 aromatic carbocycles. The number of carbonyl (C=O) groups excluding carboxylic acids is 6. The van der Waals surface area contributed by atoms with Gasteiger partial charge in [-0.2, -0.15) is 12.6 Å². The highest BCUT2D eigenvalue weighted by Gasteiger charge is 2.40. The number of para-hydroxylation sites is 1. The lowest BCUT2D eigenvalue weighted by atomic mass is 10.0. The average Bonchev–Trinajstić information content (AvgIpc) is 3.84. The van der Waals surface area contributed by atoms with Crippen LogP contribution in [0.25, 0.3) is 10.9 Å². The number of halogens is 1. The molecule has 1 saturated heterocycles. The fourth-order valence-corrected chi connectivity index (χ4v) is 7.33. The van der Waals surface area contributed by atoms with E-state index in [9.17, 15) is 38.7 Å². The average molecular weight is 896 g/mol. The van der Waals surface area contributed by atoms with Crippen LogP contribution in [0.15, 0.2) is 35.5 Å². The van der Waals surface area contributed by atoms with Crippen molar-refractivity contribution in [3.63, 3.8) is 0 Å². The lowest BCUT2D eigenvalue weighted by Crippen LogP contribution is -2.60. The summed E-state index contributed by atoms with van der Waals surface area (Å²) in [5, 5.41) is 20.8. The number of nitrogens with one attached hydrogen (secondary N) is 5. The van der Waals surface area contributed by atoms with Crippen LogP contribution in [-0.4, -0.2) is 129 Å². The number of unbranched alkanes of at least 4 members (excludes halogenated alkanes) is 1. The van der Waals surface area contributed by atoms with Crippen LogP contribution in [0.2, 0.25) is 0 Å². The largest absolute Gasteiger partial charge is 0.481 e. The van der Waals surface area contributed by atoms with Gasteiger partial charge in [0.1, 0.15) is 30.2 Å². The number of carboxylic acid groups (broad SMARTS) is 1. The minimum atomic E-state index is -1.70. The molecule has 0 bridgehead atoms. The Bertz CT molecular complexity index is 1790. The van der Waals surface area contributed by atoms with Crippen molar-refractivity contribution in [2.24, 2.45) is 33.7 Å². The molecule has 3 rings (SSSR count). The molecule has 7 atom stereocenters. The molecule has 20 nitrogen and oxygen atoms in total. The van der Waals surface area contributed by atoms with Gasteiger partial charge in [0.15, 0.2) is 5.96 Å². The number of carboxylic acids is 1. The first-order valence-corrected chi connectivity index (χ1v) is 20.5. The summed E-state index contributed by atoms with van der Waals surface area (Å²) in [6, 6.07) is -0.203. The maximum absolute atomic E-state index is 14.3. The Morgan fingerprint density at radius 2 is 1.59 bits per heavy atom. The standard InChI is InChI=1S/C36H55BrN12O8S/c37-21(8-5-13-43-36(41)42)29(39)34(56)45-23(10-3-4-12-38)31(53)46-24(16-28(50)51)32(54)47-25(15-19-17-44-22-9-2-1-7-20(19)22)35(57)49-14-6-11-27(49)33(55)48-26(18-58)30(40)52/h1-2,7,9,17,21,23-27,29,44,58H,3-6,8,10-16,18,38-39H2,(H2,40,52)(H,45,56)(H,46,53)(H,47,54)(H,48,55)(H,50,51)(H4,41,42,43)/t21?,23-,24-,25-,26-,27-,29-/m0/s1. The van der Waals surface area contributed by atoms with Crippen LogP contribution in [0.4, 0.5) is 0 Å². The molecule has 22 heteroatoms. The summed E-state index contributed by atoms with van der Waals surface area (Å²) in [4.78, 5) is 100. The highest BCUT2D eigenvalue weighted by Crippen LogP contribution is 2.23. The zero-order chi connectivity index (χ0) is 42.9. The van der Waals surface area contributed by atoms with Gasteiger partial charge in [0, 0.05) is 47.2 Å². The predicted octanol–water partition coefficient (Wildman–Crippen LogP) is -2.20. The molecule has 320 valence electrons. The zero-order valence-corrected chi connectivity index (χ0v) is 34.5. The van der Waals surface area contributed by atoms with Gasteiger partial charge in [-0.3, -0.25) is 38.6 Å². The summed E-state index contributed by atoms with van der Waals surface area (Å²) in [5.41, 5.74) is 29.3. The van der Waals surface area contributed by atoms with Gasteiger partial charge in [0.05, 0.1) is 12.5 Å². The minimum absolute atomic E-state index is 0.0686. The Morgan fingerprint density at radius 1 is 0.914 bits per heavy atom. The number of hydrogen-bond donors (Lipinski definition) is 12. The number of nitrogens with two attached hydrogens (primary N) is 5. The maximum Gasteiger partial charge on any atom is 0.305 e. The fourth-order valence-electron chi connectivity index (χ4n) is 6.49. The number of aromatic nitrogens is 1. The number of aromatic amines is 1. The lowest BCUT2D eigenvalue weighted by Gasteiger charge is -2.30. The summed E-state index contributed by atoms with van der Waals surface area (Å²) in [6.07, 6.45) is 3.32. The molecule has 0 aliphatic carbocycles. The van der Waals surface area contributed by atoms with E-state index in [-0.39, 0.29) is 37.5 Å². The van der Waals surface area contributed by atoms with E-state index in [1.165, 1.54) is 4.90 Å². The van der Waals surface area contributed by atoms with E-state index in [0.29, 0.717) is 50.8 Å². The van der Waals surface area contributed by atoms with Crippen LogP contribution in [0.5, 0.6) is 0 Å². The molecule has 1 unspecified atom stereocenters. The predicted molar refractivity (Wildman–Crippen MR) is 223 cm³/mol. The van der Waals surface area contributed by atoms with Crippen LogP contribution in [0.1, 0.15) is 56.9 Å². The number of amides is 6. The Morgan fingerprint density at radius 3 is 2.24 bits per heavy atom. The van der Waals surface area contributed by atoms with E-state index in [0.717, 1.165) is 10.9 Å². The topological polar surface area (TPSA) is 349 Å². The van der Waals surface area contributed by atoms with Crippen molar-refractivity contribution in [2.45, 2.75) is 98.9 Å². The molecule has 2 aromatic rings. The number of benzene rings is 1. The second-order valence-corrected chi connectivity index (χ2v) is 15.5. The lowest BCUT2D eigenvalue weighted by molar-refractivity contribution is -0.143. The van der Waals surface area contributed by atoms with Gasteiger partial charge in [0.25, 0.3) is 0 Å². The quantitative estimate of drug-likeness (QED) is 0.0176. The molecule has 16 N–H and O–H groups in total. The Labute approximate surface area is 349 Å². The van der Waals surface area contributed by atoms with E-state index in [1.807, 2.05) is 18.2 Å². The van der Waals surface area contributed by atoms with Crippen molar-refractivity contribution < 1.29 is 38.7 Å². The molecule has 2 heterocycles. The van der Waals surface area contributed by atoms with Crippen molar-refractivity contribution in [3.8, 4) is 0 Å². The van der Waals surface area contributed by atoms with Crippen molar-refractivity contribution in [3.05, 3.63) is 36.0 Å². The third kappa shape index (κ3) is 14.2. The highest BCUT2D eigenvalue weighted by atomic mass is 79.9. The van der Waals surface area contributed by atoms with Gasteiger partial charge in [0.2, 0.25) is 35.4 Å². The number of thiol groups is 1. The number of guanidine groups is 1. The number of aliphatic carboxylic acids is 1. The first-order chi connectivity index (χ1) is 27.6. The molecule has 1 aliphatic heterocycles. The van der Waals surface area contributed by atoms with Gasteiger partial charge >= 0.3 is 5.97 Å². The van der Waals surface area contributed by atoms with E-state index in [2.05, 4.69) is 59.8 Å². The van der Waals surface area contributed by atoms with Crippen molar-refractivity contribution in [1.82, 2.24) is 31.2 Å². The monoisotopic (exact) mass is 894 g/mol. The number of primary amides is 1. The fraction of sp³-hybridized carbons (Fsp3) is 0.556. The molecular weight excluding hydrogens is 840 g/mol. The van der Waals surface area contributed by atoms with Crippen LogP contribution >= 0.6 is 28.6 Å². The molecular formula is C36H55BrN12O8S. The molecule has 6 amide bonds. The van der Waals surface area contributed by atoms with E-state index in [4.69, 9.17) is 28.7 Å². The second-order valence-electron chi connectivity index (χ2n) is 14.0. The first-order valence-electron chi connectivity index (χ1n) is 18.9. The number of alkyl halides is 1. The van der Waals surface area contributed by atoms with Gasteiger partial charge in [-0.05, 0) is 63.1 Å². The van der Waals surface area contributed by atoms with E-state index >= 15 is 0 Å². The van der Waals surface area contributed by atoms with Crippen molar-refractivity contribution >= 4 is 86.8 Å². The van der Waals surface area contributed by atoms with Crippen LogP contribution in [0.3, 0.4) is 0 Å². The SMILES string of the molecule is NCCCC[C@H](NC(=O)[C@@H](N)C(Br)CCCN=C(N)N)C(=O)N[C@@H](CC(=O)O)C(=O)N[C@@H](Cc1c[nH]c2ccccc12)C(=O)N1CCC[C@H]1C(=O)N[C@@H](CS)C(N)=O. The third-order valence-electron chi connectivity index (χ3n) is 9.61. The Kier molecular flexibility index (Phi) is 19.2. The molecule has 0 saturated carbocycles. The van der Waals surface area contributed by atoms with Gasteiger partial charge < -0.3 is 64.9 Å². The maximum atomic E-state index is 14.3. The van der Waals surface area contributed by atoms with E-state index < -0.39 is 88.9 Å². The third-order valence-corrected chi connectivity index (χ3v) is 11.0. The Hall–Kier alpha value is -4.93. The molecule has 58 heavy (non-hydrogen) atoms. The second kappa shape index (κ2) is 23.5. The number of H-pyrrole nitrogens is 1. The van der Waals surface area contributed by atoms with Crippen LogP contribution in [0, 0.1) is 0 Å².